The Morgan fingerprint density at radius 3 is 2.48 bits per heavy atom. The third kappa shape index (κ3) is 4.27. The molecule has 2 aromatic rings. The lowest BCUT2D eigenvalue weighted by atomic mass is 9.95. The molecule has 0 atom stereocenters. The van der Waals surface area contributed by atoms with Crippen LogP contribution in [-0.2, 0) is 23.2 Å². The van der Waals surface area contributed by atoms with E-state index in [2.05, 4.69) is 46.6 Å². The first-order valence-corrected chi connectivity index (χ1v) is 9.31. The van der Waals surface area contributed by atoms with Gasteiger partial charge in [0.15, 0.2) is 5.82 Å². The van der Waals surface area contributed by atoms with Gasteiger partial charge in [0, 0.05) is 6.92 Å². The molecule has 3 rings (SSSR count). The van der Waals surface area contributed by atoms with Crippen molar-refractivity contribution in [3.05, 3.63) is 47.1 Å². The summed E-state index contributed by atoms with van der Waals surface area (Å²) in [5.74, 6) is 1.18. The molecule has 1 fully saturated rings. The lowest BCUT2D eigenvalue weighted by Crippen LogP contribution is -2.45. The second-order valence-corrected chi connectivity index (χ2v) is 7.07. The predicted octanol–water partition coefficient (Wildman–Crippen LogP) is 3.85. The molecular formula is C20H27N3O2. The van der Waals surface area contributed by atoms with Crippen LogP contribution in [0, 0.1) is 6.92 Å². The minimum Gasteiger partial charge on any atom is -0.343 e. The number of aromatic nitrogens is 2. The smallest absolute Gasteiger partial charge is 0.225 e. The summed E-state index contributed by atoms with van der Waals surface area (Å²) in [7, 11) is 0. The fraction of sp³-hybridized carbons (Fsp3) is 0.550. The first-order chi connectivity index (χ1) is 12.1. The minimum atomic E-state index is -0.462. The Balaban J connectivity index is 1.64. The van der Waals surface area contributed by atoms with E-state index in [1.807, 2.05) is 0 Å². The molecule has 0 saturated heterocycles. The monoisotopic (exact) mass is 341 g/mol. The molecule has 1 aromatic heterocycles. The highest BCUT2D eigenvalue weighted by Gasteiger charge is 2.41. The summed E-state index contributed by atoms with van der Waals surface area (Å²) in [6.45, 7) is 3.98. The van der Waals surface area contributed by atoms with Crippen LogP contribution in [0.1, 0.15) is 68.3 Å². The third-order valence-corrected chi connectivity index (χ3v) is 5.00. The molecule has 1 amide bonds. The van der Waals surface area contributed by atoms with Crippen molar-refractivity contribution >= 4 is 5.91 Å². The summed E-state index contributed by atoms with van der Waals surface area (Å²) in [5.41, 5.74) is 1.91. The molecule has 0 aliphatic heterocycles. The first-order valence-electron chi connectivity index (χ1n) is 9.31. The maximum Gasteiger partial charge on any atom is 0.225 e. The predicted molar refractivity (Wildman–Crippen MR) is 96.1 cm³/mol. The zero-order valence-electron chi connectivity index (χ0n) is 15.2. The molecule has 5 heteroatoms. The van der Waals surface area contributed by atoms with E-state index in [0.717, 1.165) is 37.7 Å². The highest BCUT2D eigenvalue weighted by molar-refractivity contribution is 5.79. The van der Waals surface area contributed by atoms with Crippen molar-refractivity contribution in [1.29, 1.82) is 0 Å². The van der Waals surface area contributed by atoms with Crippen LogP contribution in [-0.4, -0.2) is 16.0 Å². The number of carbonyl (C=O) groups excluding carboxylic acids is 1. The van der Waals surface area contributed by atoms with Crippen molar-refractivity contribution in [3.8, 4) is 0 Å². The molecule has 1 N–H and O–H groups in total. The van der Waals surface area contributed by atoms with Crippen molar-refractivity contribution in [2.45, 2.75) is 70.8 Å². The Hall–Kier alpha value is -2.17. The first kappa shape index (κ1) is 17.6. The Labute approximate surface area is 149 Å². The van der Waals surface area contributed by atoms with Crippen LogP contribution in [0.2, 0.25) is 0 Å². The molecule has 134 valence electrons. The molecule has 0 radical (unpaired) electrons. The van der Waals surface area contributed by atoms with Crippen molar-refractivity contribution in [2.24, 2.45) is 0 Å². The fourth-order valence-electron chi connectivity index (χ4n) is 3.58. The van der Waals surface area contributed by atoms with E-state index >= 15 is 0 Å². The number of rotatable bonds is 7. The Morgan fingerprint density at radius 2 is 1.88 bits per heavy atom. The zero-order chi connectivity index (χ0) is 17.7. The van der Waals surface area contributed by atoms with Gasteiger partial charge in [0.05, 0.1) is 6.42 Å². The topological polar surface area (TPSA) is 68.0 Å². The van der Waals surface area contributed by atoms with Gasteiger partial charge in [0.25, 0.3) is 0 Å². The van der Waals surface area contributed by atoms with E-state index < -0.39 is 5.54 Å². The lowest BCUT2D eigenvalue weighted by Gasteiger charge is -2.26. The van der Waals surface area contributed by atoms with E-state index in [-0.39, 0.29) is 5.91 Å². The number of nitrogens with one attached hydrogen (secondary N) is 1. The molecule has 0 unspecified atom stereocenters. The summed E-state index contributed by atoms with van der Waals surface area (Å²) in [6, 6.07) is 8.38. The molecule has 1 aliphatic rings. The normalized spacial score (nSPS) is 16.1. The molecule has 1 aliphatic carbocycles. The molecule has 25 heavy (non-hydrogen) atoms. The molecule has 1 aromatic carbocycles. The van der Waals surface area contributed by atoms with Gasteiger partial charge in [-0.2, -0.15) is 4.98 Å². The van der Waals surface area contributed by atoms with Gasteiger partial charge < -0.3 is 9.84 Å². The van der Waals surface area contributed by atoms with Crippen LogP contribution in [0.25, 0.3) is 0 Å². The van der Waals surface area contributed by atoms with Gasteiger partial charge in [0.1, 0.15) is 5.54 Å². The second kappa shape index (κ2) is 7.81. The Bertz CT molecular complexity index is 700. The molecule has 0 bridgehead atoms. The van der Waals surface area contributed by atoms with E-state index in [1.54, 1.807) is 6.92 Å². The van der Waals surface area contributed by atoms with E-state index in [0.29, 0.717) is 18.1 Å². The Kier molecular flexibility index (Phi) is 5.51. The standard InChI is InChI=1S/C20H27N3O2/c1-3-4-7-16-8-10-17(11-9-16)14-18(24)22-20(12-5-6-13-20)19-21-15(2)25-23-19/h8-11H,3-7,12-14H2,1-2H3,(H,22,24). The Morgan fingerprint density at radius 1 is 1.20 bits per heavy atom. The number of hydrogen-bond acceptors (Lipinski definition) is 4. The summed E-state index contributed by atoms with van der Waals surface area (Å²) in [4.78, 5) is 17.0. The van der Waals surface area contributed by atoms with Crippen LogP contribution in [0.15, 0.2) is 28.8 Å². The average Bonchev–Trinajstić information content (AvgIpc) is 3.24. The highest BCUT2D eigenvalue weighted by Crippen LogP contribution is 2.37. The largest absolute Gasteiger partial charge is 0.343 e. The molecule has 5 nitrogen and oxygen atoms in total. The number of benzene rings is 1. The van der Waals surface area contributed by atoms with Crippen molar-refractivity contribution < 1.29 is 9.32 Å². The van der Waals surface area contributed by atoms with E-state index in [9.17, 15) is 4.79 Å². The van der Waals surface area contributed by atoms with Gasteiger partial charge >= 0.3 is 0 Å². The van der Waals surface area contributed by atoms with Gasteiger partial charge in [-0.1, -0.05) is 55.6 Å². The quantitative estimate of drug-likeness (QED) is 0.830. The van der Waals surface area contributed by atoms with Gasteiger partial charge in [-0.25, -0.2) is 0 Å². The maximum atomic E-state index is 12.6. The van der Waals surface area contributed by atoms with Gasteiger partial charge in [-0.15, -0.1) is 0 Å². The van der Waals surface area contributed by atoms with E-state index in [1.165, 1.54) is 18.4 Å². The number of amides is 1. The number of nitrogens with zero attached hydrogens (tertiary/aromatic N) is 2. The SMILES string of the molecule is CCCCc1ccc(CC(=O)NC2(c3noc(C)n3)CCCC2)cc1. The average molecular weight is 341 g/mol. The molecule has 1 heterocycles. The molecule has 1 saturated carbocycles. The fourth-order valence-corrected chi connectivity index (χ4v) is 3.58. The van der Waals surface area contributed by atoms with Crippen molar-refractivity contribution in [3.63, 3.8) is 0 Å². The zero-order valence-corrected chi connectivity index (χ0v) is 15.2. The summed E-state index contributed by atoms with van der Waals surface area (Å²) in [6.07, 6.45) is 7.76. The van der Waals surface area contributed by atoms with Crippen LogP contribution in [0.5, 0.6) is 0 Å². The second-order valence-electron chi connectivity index (χ2n) is 7.07. The number of aryl methyl sites for hydroxylation is 2. The van der Waals surface area contributed by atoms with Crippen molar-refractivity contribution in [2.75, 3.05) is 0 Å². The van der Waals surface area contributed by atoms with Crippen molar-refractivity contribution in [1.82, 2.24) is 15.5 Å². The third-order valence-electron chi connectivity index (χ3n) is 5.00. The van der Waals surface area contributed by atoms with Gasteiger partial charge in [-0.05, 0) is 36.8 Å². The molecule has 0 spiro atoms. The summed E-state index contributed by atoms with van der Waals surface area (Å²) >= 11 is 0. The number of unbranched alkanes of at least 4 members (excludes halogenated alkanes) is 1. The van der Waals surface area contributed by atoms with Gasteiger partial charge in [-0.3, -0.25) is 4.79 Å². The highest BCUT2D eigenvalue weighted by atomic mass is 16.5. The van der Waals surface area contributed by atoms with E-state index in [4.69, 9.17) is 4.52 Å². The minimum absolute atomic E-state index is 0.0191. The van der Waals surface area contributed by atoms with Crippen LogP contribution in [0.3, 0.4) is 0 Å². The molecular weight excluding hydrogens is 314 g/mol. The lowest BCUT2D eigenvalue weighted by molar-refractivity contribution is -0.122. The number of carbonyl (C=O) groups is 1. The van der Waals surface area contributed by atoms with Crippen LogP contribution < -0.4 is 5.32 Å². The van der Waals surface area contributed by atoms with Gasteiger partial charge in [0.2, 0.25) is 11.8 Å². The van der Waals surface area contributed by atoms with Crippen LogP contribution >= 0.6 is 0 Å². The maximum absolute atomic E-state index is 12.6. The summed E-state index contributed by atoms with van der Waals surface area (Å²) < 4.78 is 5.13. The van der Waals surface area contributed by atoms with Crippen LogP contribution in [0.4, 0.5) is 0 Å². The summed E-state index contributed by atoms with van der Waals surface area (Å²) in [5, 5.41) is 7.26. The number of hydrogen-bond donors (Lipinski definition) is 1.